The van der Waals surface area contributed by atoms with E-state index in [9.17, 15) is 0 Å². The van der Waals surface area contributed by atoms with Crippen molar-refractivity contribution in [2.75, 3.05) is 0 Å². The average Bonchev–Trinajstić information content (AvgIpc) is 2.49. The van der Waals surface area contributed by atoms with Gasteiger partial charge in [-0.1, -0.05) is 43.5 Å². The highest BCUT2D eigenvalue weighted by atomic mass is 14.7. The summed E-state index contributed by atoms with van der Waals surface area (Å²) in [4.78, 5) is 3.34. The first-order valence-corrected chi connectivity index (χ1v) is 4.98. The number of hydrogen-bond acceptors (Lipinski definition) is 0. The topological polar surface area (TPSA) is 15.8 Å². The zero-order valence-electron chi connectivity index (χ0n) is 9.38. The fraction of sp³-hybridized carbons (Fsp3) is 0.143. The predicted molar refractivity (Wildman–Crippen MR) is 68.7 cm³/mol. The molecule has 0 aliphatic rings. The van der Waals surface area contributed by atoms with Gasteiger partial charge >= 0.3 is 0 Å². The SMILES string of the molecule is C=C/C=C\c1[nH]c(C)c(/C=C\C=C)c1C. The van der Waals surface area contributed by atoms with Gasteiger partial charge in [-0.25, -0.2) is 0 Å². The lowest BCUT2D eigenvalue weighted by atomic mass is 10.1. The minimum absolute atomic E-state index is 1.14. The fourth-order valence-corrected chi connectivity index (χ4v) is 1.53. The molecule has 78 valence electrons. The number of rotatable bonds is 4. The van der Waals surface area contributed by atoms with Crippen molar-refractivity contribution in [2.24, 2.45) is 0 Å². The van der Waals surface area contributed by atoms with Crippen LogP contribution in [0.4, 0.5) is 0 Å². The van der Waals surface area contributed by atoms with Crippen LogP contribution >= 0.6 is 0 Å². The average molecular weight is 199 g/mol. The molecule has 0 amide bonds. The molecule has 0 saturated carbocycles. The minimum atomic E-state index is 1.14. The van der Waals surface area contributed by atoms with E-state index in [0.29, 0.717) is 0 Å². The number of H-pyrrole nitrogens is 1. The second-order valence-corrected chi connectivity index (χ2v) is 3.39. The predicted octanol–water partition coefficient (Wildman–Crippen LogP) is 4.03. The number of hydrogen-bond donors (Lipinski definition) is 1. The number of nitrogens with one attached hydrogen (secondary N) is 1. The van der Waals surface area contributed by atoms with Crippen molar-refractivity contribution in [2.45, 2.75) is 13.8 Å². The summed E-state index contributed by atoms with van der Waals surface area (Å²) in [5, 5.41) is 0. The molecule has 0 unspecified atom stereocenters. The number of aromatic amines is 1. The van der Waals surface area contributed by atoms with Gasteiger partial charge in [0.25, 0.3) is 0 Å². The van der Waals surface area contributed by atoms with E-state index in [1.165, 1.54) is 16.8 Å². The molecule has 0 spiro atoms. The molecule has 0 aromatic carbocycles. The van der Waals surface area contributed by atoms with Crippen molar-refractivity contribution in [3.63, 3.8) is 0 Å². The Morgan fingerprint density at radius 3 is 2.20 bits per heavy atom. The third-order valence-electron chi connectivity index (χ3n) is 2.33. The van der Waals surface area contributed by atoms with E-state index in [-0.39, 0.29) is 0 Å². The van der Waals surface area contributed by atoms with Gasteiger partial charge in [-0.15, -0.1) is 0 Å². The van der Waals surface area contributed by atoms with Crippen LogP contribution in [-0.4, -0.2) is 4.98 Å². The highest BCUT2D eigenvalue weighted by molar-refractivity contribution is 5.65. The molecule has 1 aromatic rings. The zero-order valence-corrected chi connectivity index (χ0v) is 9.38. The molecule has 0 saturated heterocycles. The van der Waals surface area contributed by atoms with Crippen molar-refractivity contribution in [1.29, 1.82) is 0 Å². The monoisotopic (exact) mass is 199 g/mol. The number of aromatic nitrogens is 1. The molecule has 0 aliphatic carbocycles. The first kappa shape index (κ1) is 11.3. The summed E-state index contributed by atoms with van der Waals surface area (Å²) in [7, 11) is 0. The van der Waals surface area contributed by atoms with Gasteiger partial charge in [0, 0.05) is 11.4 Å². The lowest BCUT2D eigenvalue weighted by molar-refractivity contribution is 1.24. The summed E-state index contributed by atoms with van der Waals surface area (Å²) in [6.45, 7) is 11.5. The first-order valence-electron chi connectivity index (χ1n) is 4.98. The summed E-state index contributed by atoms with van der Waals surface area (Å²) >= 11 is 0. The minimum Gasteiger partial charge on any atom is -0.358 e. The van der Waals surface area contributed by atoms with Crippen LogP contribution in [0.25, 0.3) is 12.2 Å². The third-order valence-corrected chi connectivity index (χ3v) is 2.33. The van der Waals surface area contributed by atoms with Crippen LogP contribution in [-0.2, 0) is 0 Å². The Bertz CT molecular complexity index is 417. The van der Waals surface area contributed by atoms with Gasteiger partial charge < -0.3 is 4.98 Å². The highest BCUT2D eigenvalue weighted by Gasteiger charge is 2.05. The third kappa shape index (κ3) is 2.59. The second kappa shape index (κ2) is 5.20. The van der Waals surface area contributed by atoms with Gasteiger partial charge in [-0.05, 0) is 31.1 Å². The van der Waals surface area contributed by atoms with Crippen LogP contribution in [0.15, 0.2) is 37.5 Å². The Kier molecular flexibility index (Phi) is 3.92. The Balaban J connectivity index is 3.13. The quantitative estimate of drug-likeness (QED) is 0.705. The normalized spacial score (nSPS) is 11.3. The van der Waals surface area contributed by atoms with Gasteiger partial charge in [0.05, 0.1) is 0 Å². The standard InChI is InChI=1S/C14H17N/c1-5-7-9-13-11(3)14(10-8-6-2)15-12(13)4/h5-10,15H,1-2H2,3-4H3/b9-7-,10-8-. The molecular formula is C14H17N. The van der Waals surface area contributed by atoms with Crippen molar-refractivity contribution in [3.8, 4) is 0 Å². The largest absolute Gasteiger partial charge is 0.358 e. The highest BCUT2D eigenvalue weighted by Crippen LogP contribution is 2.20. The second-order valence-electron chi connectivity index (χ2n) is 3.39. The number of aryl methyl sites for hydroxylation is 1. The molecule has 1 aromatic heterocycles. The van der Waals surface area contributed by atoms with Crippen molar-refractivity contribution < 1.29 is 0 Å². The van der Waals surface area contributed by atoms with Gasteiger partial charge in [0.2, 0.25) is 0 Å². The molecule has 0 aliphatic heterocycles. The van der Waals surface area contributed by atoms with Crippen molar-refractivity contribution in [1.82, 2.24) is 4.98 Å². The van der Waals surface area contributed by atoms with E-state index in [0.717, 1.165) is 5.69 Å². The van der Waals surface area contributed by atoms with Gasteiger partial charge in [-0.2, -0.15) is 0 Å². The fourth-order valence-electron chi connectivity index (χ4n) is 1.53. The molecule has 1 nitrogen and oxygen atoms in total. The summed E-state index contributed by atoms with van der Waals surface area (Å²) in [5.41, 5.74) is 4.80. The van der Waals surface area contributed by atoms with Crippen molar-refractivity contribution >= 4 is 12.2 Å². The summed E-state index contributed by atoms with van der Waals surface area (Å²) < 4.78 is 0. The molecule has 0 bridgehead atoms. The molecule has 0 radical (unpaired) electrons. The van der Waals surface area contributed by atoms with Crippen LogP contribution in [0, 0.1) is 13.8 Å². The molecule has 1 N–H and O–H groups in total. The van der Waals surface area contributed by atoms with Gasteiger partial charge in [0.15, 0.2) is 0 Å². The van der Waals surface area contributed by atoms with Gasteiger partial charge in [0.1, 0.15) is 0 Å². The van der Waals surface area contributed by atoms with Crippen LogP contribution in [0.3, 0.4) is 0 Å². The van der Waals surface area contributed by atoms with E-state index < -0.39 is 0 Å². The van der Waals surface area contributed by atoms with E-state index >= 15 is 0 Å². The smallest absolute Gasteiger partial charge is 0.0418 e. The van der Waals surface area contributed by atoms with Crippen molar-refractivity contribution in [3.05, 3.63) is 60.0 Å². The Morgan fingerprint density at radius 2 is 1.60 bits per heavy atom. The van der Waals surface area contributed by atoms with Gasteiger partial charge in [-0.3, -0.25) is 0 Å². The summed E-state index contributed by atoms with van der Waals surface area (Å²) in [6, 6.07) is 0. The Morgan fingerprint density at radius 1 is 1.00 bits per heavy atom. The lowest BCUT2D eigenvalue weighted by Crippen LogP contribution is -1.76. The molecule has 1 heteroatoms. The lowest BCUT2D eigenvalue weighted by Gasteiger charge is -1.93. The van der Waals surface area contributed by atoms with Crippen LogP contribution in [0.2, 0.25) is 0 Å². The van der Waals surface area contributed by atoms with E-state index in [1.807, 2.05) is 18.2 Å². The first-order chi connectivity index (χ1) is 7.20. The van der Waals surface area contributed by atoms with Crippen LogP contribution in [0.1, 0.15) is 22.5 Å². The molecule has 0 fully saturated rings. The summed E-state index contributed by atoms with van der Waals surface area (Å²) in [6.07, 6.45) is 11.5. The molecule has 0 atom stereocenters. The maximum absolute atomic E-state index is 3.67. The molecular weight excluding hydrogens is 182 g/mol. The van der Waals surface area contributed by atoms with Crippen LogP contribution < -0.4 is 0 Å². The molecule has 1 heterocycles. The zero-order chi connectivity index (χ0) is 11.3. The molecule has 1 rings (SSSR count). The Hall–Kier alpha value is -1.76. The maximum atomic E-state index is 3.67. The molecule has 15 heavy (non-hydrogen) atoms. The summed E-state index contributed by atoms with van der Waals surface area (Å²) in [5.74, 6) is 0. The number of allylic oxidation sites excluding steroid dienone is 4. The van der Waals surface area contributed by atoms with Crippen LogP contribution in [0.5, 0.6) is 0 Å². The van der Waals surface area contributed by atoms with E-state index in [1.54, 1.807) is 12.2 Å². The van der Waals surface area contributed by atoms with E-state index in [4.69, 9.17) is 0 Å². The Labute approximate surface area is 91.5 Å². The van der Waals surface area contributed by atoms with E-state index in [2.05, 4.69) is 38.1 Å². The maximum Gasteiger partial charge on any atom is 0.0418 e.